The molecule has 0 amide bonds. The van der Waals surface area contributed by atoms with E-state index in [1.807, 2.05) is 0 Å². The molecule has 0 bridgehead atoms. The third-order valence-corrected chi connectivity index (χ3v) is 3.01. The number of aliphatic hydroxyl groups is 1. The van der Waals surface area contributed by atoms with Gasteiger partial charge in [-0.15, -0.1) is 5.10 Å². The third-order valence-electron chi connectivity index (χ3n) is 3.01. The average Bonchev–Trinajstić information content (AvgIpc) is 2.70. The molecule has 2 aromatic rings. The second-order valence-electron chi connectivity index (χ2n) is 4.43. The van der Waals surface area contributed by atoms with Crippen molar-refractivity contribution in [2.45, 2.75) is 26.4 Å². The largest absolute Gasteiger partial charge is 0.386 e. The summed E-state index contributed by atoms with van der Waals surface area (Å²) in [7, 11) is 1.79. The Hall–Kier alpha value is -1.68. The summed E-state index contributed by atoms with van der Waals surface area (Å²) in [5, 5.41) is 17.8. The molecule has 0 spiro atoms. The van der Waals surface area contributed by atoms with Crippen molar-refractivity contribution in [3.8, 4) is 0 Å². The number of rotatable bonds is 3. The van der Waals surface area contributed by atoms with Crippen LogP contribution in [0.4, 0.5) is 0 Å². The Kier molecular flexibility index (Phi) is 3.24. The highest BCUT2D eigenvalue weighted by molar-refractivity contribution is 5.31. The second-order valence-corrected chi connectivity index (χ2v) is 4.43. The molecule has 4 heteroatoms. The Morgan fingerprint density at radius 2 is 2.12 bits per heavy atom. The van der Waals surface area contributed by atoms with Crippen molar-refractivity contribution >= 4 is 0 Å². The number of aliphatic hydroxyl groups excluding tert-OH is 1. The molecule has 0 aliphatic carbocycles. The molecular formula is C13H17N3O. The molecule has 90 valence electrons. The fourth-order valence-electron chi connectivity index (χ4n) is 1.93. The molecule has 0 fully saturated rings. The van der Waals surface area contributed by atoms with E-state index in [4.69, 9.17) is 0 Å². The fourth-order valence-corrected chi connectivity index (χ4v) is 1.93. The minimum Gasteiger partial charge on any atom is -0.386 e. The normalized spacial score (nSPS) is 12.7. The zero-order chi connectivity index (χ0) is 12.4. The Morgan fingerprint density at radius 1 is 1.35 bits per heavy atom. The van der Waals surface area contributed by atoms with Gasteiger partial charge in [0.05, 0.1) is 11.9 Å². The summed E-state index contributed by atoms with van der Waals surface area (Å²) in [5.74, 6) is 0. The summed E-state index contributed by atoms with van der Waals surface area (Å²) in [4.78, 5) is 0. The maximum Gasteiger partial charge on any atom is 0.101 e. The minimum atomic E-state index is -0.560. The molecule has 1 aromatic carbocycles. The summed E-state index contributed by atoms with van der Waals surface area (Å²) < 4.78 is 1.61. The van der Waals surface area contributed by atoms with Gasteiger partial charge in [-0.3, -0.25) is 0 Å². The van der Waals surface area contributed by atoms with Gasteiger partial charge < -0.3 is 5.11 Å². The number of aryl methyl sites for hydroxylation is 3. The van der Waals surface area contributed by atoms with Crippen molar-refractivity contribution in [1.29, 1.82) is 0 Å². The van der Waals surface area contributed by atoms with Crippen LogP contribution in [0, 0.1) is 13.8 Å². The van der Waals surface area contributed by atoms with Crippen molar-refractivity contribution in [3.05, 3.63) is 46.8 Å². The predicted molar refractivity (Wildman–Crippen MR) is 65.6 cm³/mol. The first kappa shape index (κ1) is 11.8. The van der Waals surface area contributed by atoms with E-state index in [1.54, 1.807) is 17.9 Å². The lowest BCUT2D eigenvalue weighted by molar-refractivity contribution is 0.168. The molecular weight excluding hydrogens is 214 g/mol. The number of aromatic nitrogens is 3. The van der Waals surface area contributed by atoms with Gasteiger partial charge in [-0.25, -0.2) is 4.68 Å². The first-order valence-corrected chi connectivity index (χ1v) is 5.66. The molecule has 0 radical (unpaired) electrons. The molecule has 0 aliphatic rings. The van der Waals surface area contributed by atoms with Gasteiger partial charge in [0.1, 0.15) is 6.10 Å². The first-order valence-electron chi connectivity index (χ1n) is 5.66. The molecule has 1 aromatic heterocycles. The van der Waals surface area contributed by atoms with Gasteiger partial charge in [0.25, 0.3) is 0 Å². The molecule has 0 saturated carbocycles. The van der Waals surface area contributed by atoms with Crippen LogP contribution in [0.1, 0.15) is 28.5 Å². The van der Waals surface area contributed by atoms with E-state index < -0.39 is 6.10 Å². The standard InChI is InChI=1S/C13H17N3O/c1-9-4-5-10(2)11(6-9)7-13(17)12-8-14-15-16(12)3/h4-6,8,13,17H,7H2,1-3H3. The highest BCUT2D eigenvalue weighted by atomic mass is 16.3. The van der Waals surface area contributed by atoms with Crippen LogP contribution in [-0.4, -0.2) is 20.1 Å². The van der Waals surface area contributed by atoms with Crippen molar-refractivity contribution in [3.63, 3.8) is 0 Å². The van der Waals surface area contributed by atoms with Crippen molar-refractivity contribution in [2.24, 2.45) is 7.05 Å². The molecule has 4 nitrogen and oxygen atoms in total. The summed E-state index contributed by atoms with van der Waals surface area (Å²) in [6, 6.07) is 6.28. The molecule has 0 aliphatic heterocycles. The smallest absolute Gasteiger partial charge is 0.101 e. The van der Waals surface area contributed by atoms with Gasteiger partial charge in [0.15, 0.2) is 0 Å². The number of hydrogen-bond acceptors (Lipinski definition) is 3. The van der Waals surface area contributed by atoms with E-state index in [1.165, 1.54) is 16.7 Å². The highest BCUT2D eigenvalue weighted by Gasteiger charge is 2.14. The quantitative estimate of drug-likeness (QED) is 0.874. The molecule has 0 saturated heterocycles. The van der Waals surface area contributed by atoms with Gasteiger partial charge >= 0.3 is 0 Å². The summed E-state index contributed by atoms with van der Waals surface area (Å²) >= 11 is 0. The van der Waals surface area contributed by atoms with Crippen molar-refractivity contribution in [2.75, 3.05) is 0 Å². The Bertz CT molecular complexity index is 519. The number of nitrogens with zero attached hydrogens (tertiary/aromatic N) is 3. The second kappa shape index (κ2) is 4.67. The third kappa shape index (κ3) is 2.53. The Balaban J connectivity index is 2.21. The maximum atomic E-state index is 10.2. The van der Waals surface area contributed by atoms with Crippen LogP contribution >= 0.6 is 0 Å². The lowest BCUT2D eigenvalue weighted by atomic mass is 9.99. The van der Waals surface area contributed by atoms with Crippen LogP contribution in [0.25, 0.3) is 0 Å². The van der Waals surface area contributed by atoms with E-state index in [-0.39, 0.29) is 0 Å². The van der Waals surface area contributed by atoms with Crippen LogP contribution in [0.5, 0.6) is 0 Å². The van der Waals surface area contributed by atoms with Gasteiger partial charge in [-0.1, -0.05) is 29.0 Å². The van der Waals surface area contributed by atoms with Crippen molar-refractivity contribution < 1.29 is 5.11 Å². The zero-order valence-electron chi connectivity index (χ0n) is 10.4. The lowest BCUT2D eigenvalue weighted by Gasteiger charge is -2.12. The fraction of sp³-hybridized carbons (Fsp3) is 0.385. The van der Waals surface area contributed by atoms with Crippen LogP contribution < -0.4 is 0 Å². The molecule has 2 rings (SSSR count). The minimum absolute atomic E-state index is 0.560. The summed E-state index contributed by atoms with van der Waals surface area (Å²) in [6.45, 7) is 4.12. The van der Waals surface area contributed by atoms with E-state index in [9.17, 15) is 5.11 Å². The molecule has 1 atom stereocenters. The van der Waals surface area contributed by atoms with Gasteiger partial charge in [-0.2, -0.15) is 0 Å². The van der Waals surface area contributed by atoms with Crippen LogP contribution in [0.2, 0.25) is 0 Å². The molecule has 1 heterocycles. The van der Waals surface area contributed by atoms with Crippen LogP contribution in [0.3, 0.4) is 0 Å². The van der Waals surface area contributed by atoms with Gasteiger partial charge in [0, 0.05) is 13.5 Å². The number of benzene rings is 1. The average molecular weight is 231 g/mol. The van der Waals surface area contributed by atoms with Gasteiger partial charge in [0.2, 0.25) is 0 Å². The predicted octanol–water partition coefficient (Wildman–Crippen LogP) is 1.71. The van der Waals surface area contributed by atoms with Crippen LogP contribution in [0.15, 0.2) is 24.4 Å². The van der Waals surface area contributed by atoms with Gasteiger partial charge in [-0.05, 0) is 25.0 Å². The summed E-state index contributed by atoms with van der Waals surface area (Å²) in [6.07, 6.45) is 1.64. The molecule has 1 unspecified atom stereocenters. The molecule has 1 N–H and O–H groups in total. The Morgan fingerprint density at radius 3 is 2.76 bits per heavy atom. The lowest BCUT2D eigenvalue weighted by Crippen LogP contribution is -2.08. The summed E-state index contributed by atoms with van der Waals surface area (Å²) in [5.41, 5.74) is 4.32. The van der Waals surface area contributed by atoms with E-state index in [0.717, 1.165) is 5.69 Å². The highest BCUT2D eigenvalue weighted by Crippen LogP contribution is 2.20. The topological polar surface area (TPSA) is 50.9 Å². The maximum absolute atomic E-state index is 10.2. The van der Waals surface area contributed by atoms with Crippen molar-refractivity contribution in [1.82, 2.24) is 15.0 Å². The SMILES string of the molecule is Cc1ccc(C)c(CC(O)c2cnnn2C)c1. The zero-order valence-corrected chi connectivity index (χ0v) is 10.4. The van der Waals surface area contributed by atoms with E-state index in [2.05, 4.69) is 42.4 Å². The van der Waals surface area contributed by atoms with E-state index >= 15 is 0 Å². The molecule has 17 heavy (non-hydrogen) atoms. The number of hydrogen-bond donors (Lipinski definition) is 1. The monoisotopic (exact) mass is 231 g/mol. The van der Waals surface area contributed by atoms with Crippen LogP contribution in [-0.2, 0) is 13.5 Å². The van der Waals surface area contributed by atoms with E-state index in [0.29, 0.717) is 6.42 Å². The Labute approximate surface area is 101 Å². The first-order chi connectivity index (χ1) is 8.08.